The number of amides is 3. The van der Waals surface area contributed by atoms with Crippen LogP contribution in [0.2, 0.25) is 0 Å². The minimum Gasteiger partial charge on any atom is -0.370 e. The number of hydrogen-bond acceptors (Lipinski definition) is 5. The molecule has 3 rings (SSSR count). The van der Waals surface area contributed by atoms with Crippen molar-refractivity contribution in [1.29, 1.82) is 0 Å². The molecule has 14 heteroatoms. The largest absolute Gasteiger partial charge is 0.418 e. The molecule has 8 nitrogen and oxygen atoms in total. The first-order valence-electron chi connectivity index (χ1n) is 9.80. The van der Waals surface area contributed by atoms with Gasteiger partial charge in [0, 0.05) is 18.3 Å². The average Bonchev–Trinajstić information content (AvgIpc) is 3.51. The van der Waals surface area contributed by atoms with E-state index in [1.165, 1.54) is 0 Å². The van der Waals surface area contributed by atoms with Crippen molar-refractivity contribution in [3.8, 4) is 0 Å². The first-order valence-corrected chi connectivity index (χ1v) is 9.80. The zero-order valence-corrected chi connectivity index (χ0v) is 17.0. The van der Waals surface area contributed by atoms with E-state index >= 15 is 0 Å². The van der Waals surface area contributed by atoms with Crippen LogP contribution in [0.1, 0.15) is 18.4 Å². The molecule has 0 aromatic heterocycles. The number of morpholine rings is 1. The molecule has 1 aliphatic heterocycles. The average molecular weight is 482 g/mol. The van der Waals surface area contributed by atoms with E-state index in [9.17, 15) is 40.7 Å². The number of primary amides is 1. The summed E-state index contributed by atoms with van der Waals surface area (Å²) in [5.74, 6) is -3.35. The monoisotopic (exact) mass is 482 g/mol. The predicted octanol–water partition coefficient (Wildman–Crippen LogP) is 1.89. The van der Waals surface area contributed by atoms with Gasteiger partial charge in [-0.05, 0) is 31.0 Å². The van der Waals surface area contributed by atoms with Crippen LogP contribution >= 0.6 is 0 Å². The fraction of sp³-hybridized carbons (Fsp3) is 0.526. The summed E-state index contributed by atoms with van der Waals surface area (Å²) in [6.07, 6.45) is -9.03. The van der Waals surface area contributed by atoms with Gasteiger partial charge in [0.2, 0.25) is 5.91 Å². The molecule has 3 N–H and O–H groups in total. The molecule has 182 valence electrons. The Labute approximate surface area is 183 Å². The van der Waals surface area contributed by atoms with Crippen LogP contribution in [-0.2, 0) is 25.3 Å². The summed E-state index contributed by atoms with van der Waals surface area (Å²) >= 11 is 0. The Morgan fingerprint density at radius 2 is 1.88 bits per heavy atom. The van der Waals surface area contributed by atoms with Crippen LogP contribution in [0.3, 0.4) is 0 Å². The first-order chi connectivity index (χ1) is 15.3. The molecule has 1 saturated heterocycles. The summed E-state index contributed by atoms with van der Waals surface area (Å²) in [4.78, 5) is 37.9. The highest BCUT2D eigenvalue weighted by molar-refractivity contribution is 6.09. The third-order valence-electron chi connectivity index (χ3n) is 5.07. The van der Waals surface area contributed by atoms with E-state index < -0.39 is 72.2 Å². The van der Waals surface area contributed by atoms with Gasteiger partial charge in [0.15, 0.2) is 6.04 Å². The van der Waals surface area contributed by atoms with Crippen molar-refractivity contribution in [1.82, 2.24) is 4.90 Å². The molecule has 0 spiro atoms. The van der Waals surface area contributed by atoms with Gasteiger partial charge in [-0.3, -0.25) is 19.3 Å². The lowest BCUT2D eigenvalue weighted by molar-refractivity contribution is -0.158. The molecule has 1 aromatic rings. The fourth-order valence-electron chi connectivity index (χ4n) is 3.55. The normalized spacial score (nSPS) is 18.4. The second-order valence-electron chi connectivity index (χ2n) is 7.64. The van der Waals surface area contributed by atoms with Gasteiger partial charge in [-0.2, -0.15) is 26.3 Å². The number of nitrogens with one attached hydrogen (secondary N) is 1. The second-order valence-corrected chi connectivity index (χ2v) is 7.64. The third kappa shape index (κ3) is 6.13. The molecular weight excluding hydrogens is 462 g/mol. The van der Waals surface area contributed by atoms with E-state index in [1.807, 2.05) is 5.32 Å². The summed E-state index contributed by atoms with van der Waals surface area (Å²) < 4.78 is 84.8. The highest BCUT2D eigenvalue weighted by Crippen LogP contribution is 2.39. The van der Waals surface area contributed by atoms with Gasteiger partial charge >= 0.3 is 12.4 Å². The number of hydrogen-bond donors (Lipinski definition) is 2. The Hall–Kier alpha value is -2.87. The molecule has 33 heavy (non-hydrogen) atoms. The van der Waals surface area contributed by atoms with Crippen molar-refractivity contribution < 1.29 is 45.5 Å². The van der Waals surface area contributed by atoms with Crippen LogP contribution in [0.25, 0.3) is 0 Å². The number of nitrogens with zero attached hydrogens (tertiary/aromatic N) is 2. The van der Waals surface area contributed by atoms with Crippen molar-refractivity contribution >= 4 is 29.1 Å². The molecule has 0 unspecified atom stereocenters. The van der Waals surface area contributed by atoms with E-state index in [0.717, 1.165) is 17.0 Å². The summed E-state index contributed by atoms with van der Waals surface area (Å²) in [6, 6.07) is -0.187. The van der Waals surface area contributed by atoms with Gasteiger partial charge in [-0.1, -0.05) is 0 Å². The van der Waals surface area contributed by atoms with Crippen molar-refractivity contribution in [2.45, 2.75) is 37.3 Å². The minimum absolute atomic E-state index is 0.0258. The quantitative estimate of drug-likeness (QED) is 0.456. The van der Waals surface area contributed by atoms with Crippen molar-refractivity contribution in [2.24, 2.45) is 5.73 Å². The first kappa shape index (κ1) is 24.8. The Kier molecular flexibility index (Phi) is 6.88. The molecule has 1 heterocycles. The number of halogens is 6. The third-order valence-corrected chi connectivity index (χ3v) is 5.07. The predicted molar refractivity (Wildman–Crippen MR) is 102 cm³/mol. The van der Waals surface area contributed by atoms with Crippen LogP contribution in [-0.4, -0.2) is 67.2 Å². The number of nitrogens with two attached hydrogens (primary N) is 1. The molecule has 1 aromatic carbocycles. The topological polar surface area (TPSA) is 105 Å². The van der Waals surface area contributed by atoms with E-state index in [0.29, 0.717) is 23.8 Å². The zero-order valence-electron chi connectivity index (χ0n) is 17.0. The Morgan fingerprint density at radius 3 is 2.39 bits per heavy atom. The Balaban J connectivity index is 1.88. The lowest BCUT2D eigenvalue weighted by Crippen LogP contribution is -2.55. The van der Waals surface area contributed by atoms with Crippen molar-refractivity contribution in [2.75, 3.05) is 36.5 Å². The molecule has 1 aliphatic carbocycles. The maximum Gasteiger partial charge on any atom is 0.418 e. The smallest absolute Gasteiger partial charge is 0.370 e. The van der Waals surface area contributed by atoms with Gasteiger partial charge in [0.05, 0.1) is 24.4 Å². The van der Waals surface area contributed by atoms with E-state index in [4.69, 9.17) is 10.5 Å². The molecule has 0 bridgehead atoms. The standard InChI is InChI=1S/C19H20F6N4O4/c20-18(21,22)9-29(11-2-3-11)15(16(26)31)17(32)27-10-1-4-13(12(7-10)19(23,24)25)28-5-6-33-8-14(28)30/h1,4,7,11,15H,2-3,5-6,8-9H2,(H2,26,31)(H,27,32)/t15-/m1/s1. The molecule has 1 saturated carbocycles. The fourth-order valence-corrected chi connectivity index (χ4v) is 3.55. The van der Waals surface area contributed by atoms with Crippen molar-refractivity contribution in [3.05, 3.63) is 23.8 Å². The lowest BCUT2D eigenvalue weighted by atomic mass is 10.1. The number of carbonyl (C=O) groups is 3. The van der Waals surface area contributed by atoms with Crippen molar-refractivity contribution in [3.63, 3.8) is 0 Å². The van der Waals surface area contributed by atoms with Gasteiger partial charge in [-0.15, -0.1) is 0 Å². The van der Waals surface area contributed by atoms with Gasteiger partial charge < -0.3 is 20.7 Å². The number of alkyl halides is 6. The number of carbonyl (C=O) groups excluding carboxylic acids is 3. The highest BCUT2D eigenvalue weighted by Gasteiger charge is 2.46. The maximum atomic E-state index is 13.7. The van der Waals surface area contributed by atoms with Crippen LogP contribution in [0.4, 0.5) is 37.7 Å². The zero-order chi connectivity index (χ0) is 24.6. The Morgan fingerprint density at radius 1 is 1.21 bits per heavy atom. The van der Waals surface area contributed by atoms with E-state index in [-0.39, 0.29) is 13.2 Å². The van der Waals surface area contributed by atoms with Gasteiger partial charge in [0.25, 0.3) is 11.8 Å². The number of rotatable bonds is 7. The SMILES string of the molecule is NC(=O)[C@H](C(=O)Nc1ccc(N2CCOCC2=O)c(C(F)(F)F)c1)N(CC(F)(F)F)C1CC1. The van der Waals surface area contributed by atoms with Crippen LogP contribution < -0.4 is 16.0 Å². The van der Waals surface area contributed by atoms with Crippen LogP contribution in [0.5, 0.6) is 0 Å². The molecule has 1 atom stereocenters. The summed E-state index contributed by atoms with van der Waals surface area (Å²) in [6.45, 7) is -2.07. The molecule has 3 amide bonds. The van der Waals surface area contributed by atoms with Gasteiger partial charge in [0.1, 0.15) is 6.61 Å². The maximum absolute atomic E-state index is 13.7. The van der Waals surface area contributed by atoms with E-state index in [2.05, 4.69) is 0 Å². The molecule has 2 aliphatic rings. The molecule has 0 radical (unpaired) electrons. The summed E-state index contributed by atoms with van der Waals surface area (Å²) in [5.41, 5.74) is 3.03. The number of anilines is 2. The molecular formula is C19H20F6N4O4. The second kappa shape index (κ2) is 9.17. The number of benzene rings is 1. The minimum atomic E-state index is -4.92. The summed E-state index contributed by atoms with van der Waals surface area (Å²) in [5, 5.41) is 2.05. The lowest BCUT2D eigenvalue weighted by Gasteiger charge is -2.30. The van der Waals surface area contributed by atoms with Gasteiger partial charge in [-0.25, -0.2) is 0 Å². The number of ether oxygens (including phenoxy) is 1. The summed E-state index contributed by atoms with van der Waals surface area (Å²) in [7, 11) is 0. The Bertz CT molecular complexity index is 932. The highest BCUT2D eigenvalue weighted by atomic mass is 19.4. The van der Waals surface area contributed by atoms with Crippen LogP contribution in [0.15, 0.2) is 18.2 Å². The van der Waals surface area contributed by atoms with Crippen LogP contribution in [0, 0.1) is 0 Å². The van der Waals surface area contributed by atoms with E-state index in [1.54, 1.807) is 0 Å². The molecule has 2 fully saturated rings.